The van der Waals surface area contributed by atoms with E-state index >= 15 is 0 Å². The first-order chi connectivity index (χ1) is 11.6. The van der Waals surface area contributed by atoms with Crippen molar-refractivity contribution in [3.05, 3.63) is 54.4 Å². The van der Waals surface area contributed by atoms with Crippen LogP contribution in [0.5, 0.6) is 0 Å². The smallest absolute Gasteiger partial charge is 0.244 e. The van der Waals surface area contributed by atoms with E-state index in [1.54, 1.807) is 31.2 Å². The fourth-order valence-electron chi connectivity index (χ4n) is 2.23. The van der Waals surface area contributed by atoms with Crippen LogP contribution in [0, 0.1) is 0 Å². The van der Waals surface area contributed by atoms with E-state index in [0.29, 0.717) is 12.8 Å². The molecule has 0 atom stereocenters. The minimum atomic E-state index is -0.200. The Morgan fingerprint density at radius 2 is 2.00 bits per heavy atom. The van der Waals surface area contributed by atoms with Crippen molar-refractivity contribution in [3.63, 3.8) is 0 Å². The van der Waals surface area contributed by atoms with Crippen molar-refractivity contribution in [2.75, 3.05) is 25.2 Å². The number of pyridine rings is 1. The van der Waals surface area contributed by atoms with Crippen molar-refractivity contribution in [2.24, 2.45) is 0 Å². The molecule has 0 aliphatic carbocycles. The Bertz CT molecular complexity index is 692. The molecule has 24 heavy (non-hydrogen) atoms. The third kappa shape index (κ3) is 5.38. The van der Waals surface area contributed by atoms with Crippen LogP contribution in [0.4, 0.5) is 5.69 Å². The molecule has 0 unspecified atom stereocenters. The van der Waals surface area contributed by atoms with Gasteiger partial charge in [0.05, 0.1) is 12.2 Å². The Morgan fingerprint density at radius 3 is 2.71 bits per heavy atom. The zero-order valence-corrected chi connectivity index (χ0v) is 14.7. The molecule has 1 heterocycles. The average molecular weight is 343 g/mol. The van der Waals surface area contributed by atoms with Crippen LogP contribution in [0.2, 0.25) is 0 Å². The molecule has 0 fully saturated rings. The Balaban J connectivity index is 1.83. The SMILES string of the molecule is CSc1ccccc1NC(=O)CN(C)C(=O)CCc1cccnc1. The molecule has 5 nitrogen and oxygen atoms in total. The number of hydrogen-bond acceptors (Lipinski definition) is 4. The number of aryl methyl sites for hydroxylation is 1. The van der Waals surface area contributed by atoms with Gasteiger partial charge in [-0.3, -0.25) is 14.6 Å². The maximum Gasteiger partial charge on any atom is 0.244 e. The van der Waals surface area contributed by atoms with Crippen LogP contribution < -0.4 is 5.32 Å². The number of thioether (sulfide) groups is 1. The summed E-state index contributed by atoms with van der Waals surface area (Å²) in [6.45, 7) is 0.0363. The van der Waals surface area contributed by atoms with Gasteiger partial charge in [-0.05, 0) is 36.4 Å². The van der Waals surface area contributed by atoms with Crippen LogP contribution >= 0.6 is 11.8 Å². The summed E-state index contributed by atoms with van der Waals surface area (Å²) in [6, 6.07) is 11.4. The molecule has 126 valence electrons. The zero-order chi connectivity index (χ0) is 17.4. The predicted octanol–water partition coefficient (Wildman–Crippen LogP) is 2.83. The molecule has 0 saturated carbocycles. The summed E-state index contributed by atoms with van der Waals surface area (Å²) in [6.07, 6.45) is 6.39. The number of likely N-dealkylation sites (N-methyl/N-ethyl adjacent to an activating group) is 1. The highest BCUT2D eigenvalue weighted by molar-refractivity contribution is 7.98. The van der Waals surface area contributed by atoms with Crippen molar-refractivity contribution in [1.29, 1.82) is 0 Å². The average Bonchev–Trinajstić information content (AvgIpc) is 2.60. The third-order valence-corrected chi connectivity index (χ3v) is 4.33. The lowest BCUT2D eigenvalue weighted by molar-refractivity contribution is -0.133. The normalized spacial score (nSPS) is 10.2. The molecule has 2 amide bonds. The standard InChI is InChI=1S/C18H21N3O2S/c1-21(18(23)10-9-14-6-5-11-19-12-14)13-17(22)20-15-7-3-4-8-16(15)24-2/h3-8,11-12H,9-10,13H2,1-2H3,(H,20,22). The topological polar surface area (TPSA) is 62.3 Å². The molecule has 0 spiro atoms. The molecule has 1 aromatic carbocycles. The molecular weight excluding hydrogens is 322 g/mol. The fourth-order valence-corrected chi connectivity index (χ4v) is 2.78. The monoisotopic (exact) mass is 343 g/mol. The largest absolute Gasteiger partial charge is 0.336 e. The highest BCUT2D eigenvalue weighted by Crippen LogP contribution is 2.24. The van der Waals surface area contributed by atoms with Crippen LogP contribution in [0.25, 0.3) is 0 Å². The second-order valence-corrected chi connectivity index (χ2v) is 6.21. The second-order valence-electron chi connectivity index (χ2n) is 5.36. The van der Waals surface area contributed by atoms with Gasteiger partial charge >= 0.3 is 0 Å². The molecule has 0 saturated heterocycles. The Morgan fingerprint density at radius 1 is 1.21 bits per heavy atom. The van der Waals surface area contributed by atoms with Crippen molar-refractivity contribution < 1.29 is 9.59 Å². The molecule has 0 bridgehead atoms. The molecule has 0 aliphatic heterocycles. The third-order valence-electron chi connectivity index (χ3n) is 3.54. The molecule has 0 radical (unpaired) electrons. The van der Waals surface area contributed by atoms with Gasteiger partial charge in [-0.1, -0.05) is 18.2 Å². The lowest BCUT2D eigenvalue weighted by Gasteiger charge is -2.17. The van der Waals surface area contributed by atoms with Gasteiger partial charge in [-0.2, -0.15) is 0 Å². The number of para-hydroxylation sites is 1. The number of nitrogens with zero attached hydrogens (tertiary/aromatic N) is 2. The van der Waals surface area contributed by atoms with Crippen molar-refractivity contribution >= 4 is 29.3 Å². The number of anilines is 1. The second kappa shape index (κ2) is 9.08. The minimum Gasteiger partial charge on any atom is -0.336 e. The molecule has 1 N–H and O–H groups in total. The highest BCUT2D eigenvalue weighted by Gasteiger charge is 2.14. The van der Waals surface area contributed by atoms with Crippen LogP contribution in [0.15, 0.2) is 53.7 Å². The van der Waals surface area contributed by atoms with E-state index in [1.807, 2.05) is 42.7 Å². The van der Waals surface area contributed by atoms with E-state index in [2.05, 4.69) is 10.3 Å². The Hall–Kier alpha value is -2.34. The van der Waals surface area contributed by atoms with E-state index in [4.69, 9.17) is 0 Å². The van der Waals surface area contributed by atoms with E-state index in [9.17, 15) is 9.59 Å². The number of carbonyl (C=O) groups is 2. The van der Waals surface area contributed by atoms with Crippen LogP contribution in [0.3, 0.4) is 0 Å². The zero-order valence-electron chi connectivity index (χ0n) is 13.9. The van der Waals surface area contributed by atoms with Crippen LogP contribution in [0.1, 0.15) is 12.0 Å². The van der Waals surface area contributed by atoms with Crippen molar-refractivity contribution in [1.82, 2.24) is 9.88 Å². The number of hydrogen-bond donors (Lipinski definition) is 1. The summed E-state index contributed by atoms with van der Waals surface area (Å²) in [4.78, 5) is 30.8. The maximum absolute atomic E-state index is 12.1. The summed E-state index contributed by atoms with van der Waals surface area (Å²) in [7, 11) is 1.64. The van der Waals surface area contributed by atoms with Gasteiger partial charge in [-0.15, -0.1) is 11.8 Å². The van der Waals surface area contributed by atoms with Crippen LogP contribution in [-0.4, -0.2) is 41.5 Å². The summed E-state index contributed by atoms with van der Waals surface area (Å²) < 4.78 is 0. The first kappa shape index (κ1) is 18.0. The van der Waals surface area contributed by atoms with E-state index < -0.39 is 0 Å². The quantitative estimate of drug-likeness (QED) is 0.785. The predicted molar refractivity (Wildman–Crippen MR) is 97.0 cm³/mol. The number of nitrogens with one attached hydrogen (secondary N) is 1. The first-order valence-electron chi connectivity index (χ1n) is 7.66. The van der Waals surface area contributed by atoms with E-state index in [0.717, 1.165) is 16.1 Å². The highest BCUT2D eigenvalue weighted by atomic mass is 32.2. The summed E-state index contributed by atoms with van der Waals surface area (Å²) >= 11 is 1.57. The lowest BCUT2D eigenvalue weighted by atomic mass is 10.1. The van der Waals surface area contributed by atoms with Gasteiger partial charge < -0.3 is 10.2 Å². The number of aromatic nitrogens is 1. The number of amides is 2. The Kier molecular flexibility index (Phi) is 6.81. The first-order valence-corrected chi connectivity index (χ1v) is 8.88. The van der Waals surface area contributed by atoms with Gasteiger partial charge in [-0.25, -0.2) is 0 Å². The van der Waals surface area contributed by atoms with E-state index in [-0.39, 0.29) is 18.4 Å². The number of benzene rings is 1. The van der Waals surface area contributed by atoms with Crippen LogP contribution in [-0.2, 0) is 16.0 Å². The number of carbonyl (C=O) groups excluding carboxylic acids is 2. The lowest BCUT2D eigenvalue weighted by Crippen LogP contribution is -2.35. The number of rotatable bonds is 7. The molecule has 2 aromatic rings. The fraction of sp³-hybridized carbons (Fsp3) is 0.278. The van der Waals surface area contributed by atoms with Gasteiger partial charge in [0, 0.05) is 30.8 Å². The molecule has 6 heteroatoms. The van der Waals surface area contributed by atoms with Gasteiger partial charge in [0.1, 0.15) is 0 Å². The van der Waals surface area contributed by atoms with Gasteiger partial charge in [0.25, 0.3) is 0 Å². The summed E-state index contributed by atoms with van der Waals surface area (Å²) in [5.74, 6) is -0.263. The van der Waals surface area contributed by atoms with E-state index in [1.165, 1.54) is 4.90 Å². The molecule has 0 aliphatic rings. The van der Waals surface area contributed by atoms with Crippen molar-refractivity contribution in [3.8, 4) is 0 Å². The minimum absolute atomic E-state index is 0.0363. The summed E-state index contributed by atoms with van der Waals surface area (Å²) in [5, 5.41) is 2.86. The molecule has 2 rings (SSSR count). The van der Waals surface area contributed by atoms with Gasteiger partial charge in [0.15, 0.2) is 0 Å². The van der Waals surface area contributed by atoms with Crippen molar-refractivity contribution in [2.45, 2.75) is 17.7 Å². The maximum atomic E-state index is 12.1. The molecular formula is C18H21N3O2S. The Labute approximate surface area is 146 Å². The molecule has 1 aromatic heterocycles. The summed E-state index contributed by atoms with van der Waals surface area (Å²) in [5.41, 5.74) is 1.78. The van der Waals surface area contributed by atoms with Gasteiger partial charge in [0.2, 0.25) is 11.8 Å².